The Morgan fingerprint density at radius 2 is 1.84 bits per heavy atom. The van der Waals surface area contributed by atoms with Gasteiger partial charge in [0.2, 0.25) is 0 Å². The molecule has 0 heterocycles. The lowest BCUT2D eigenvalue weighted by atomic mass is 10.2. The molecule has 19 heavy (non-hydrogen) atoms. The first-order chi connectivity index (χ1) is 9.26. The van der Waals surface area contributed by atoms with Crippen molar-refractivity contribution >= 4 is 0 Å². The van der Waals surface area contributed by atoms with E-state index in [0.29, 0.717) is 0 Å². The number of ether oxygens (including phenoxy) is 1. The maximum atomic E-state index is 5.16. The normalized spacial score (nSPS) is 10.9. The monoisotopic (exact) mass is 264 g/mol. The van der Waals surface area contributed by atoms with Crippen LogP contribution in [0.5, 0.6) is 5.75 Å². The fraction of sp³-hybridized carbons (Fsp3) is 0.625. The Balaban J connectivity index is 2.14. The Labute approximate surface area is 118 Å². The summed E-state index contributed by atoms with van der Waals surface area (Å²) >= 11 is 0. The lowest BCUT2D eigenvalue weighted by molar-refractivity contribution is 0.324. The number of rotatable bonds is 10. The molecular formula is C16H28N2O. The fourth-order valence-corrected chi connectivity index (χ4v) is 2.02. The van der Waals surface area contributed by atoms with E-state index in [9.17, 15) is 0 Å². The summed E-state index contributed by atoms with van der Waals surface area (Å²) in [6.45, 7) is 6.52. The van der Waals surface area contributed by atoms with Crippen molar-refractivity contribution in [3.63, 3.8) is 0 Å². The van der Waals surface area contributed by atoms with Crippen molar-refractivity contribution in [2.75, 3.05) is 33.8 Å². The van der Waals surface area contributed by atoms with E-state index in [1.165, 1.54) is 24.8 Å². The van der Waals surface area contributed by atoms with Crippen molar-refractivity contribution in [2.45, 2.75) is 32.7 Å². The third-order valence-electron chi connectivity index (χ3n) is 3.24. The molecule has 0 saturated carbocycles. The number of hydrogen-bond donors (Lipinski definition) is 1. The Morgan fingerprint density at radius 3 is 2.47 bits per heavy atom. The van der Waals surface area contributed by atoms with Gasteiger partial charge >= 0.3 is 0 Å². The van der Waals surface area contributed by atoms with E-state index in [2.05, 4.69) is 36.3 Å². The number of methoxy groups -OCH3 is 1. The predicted molar refractivity (Wildman–Crippen MR) is 81.7 cm³/mol. The average Bonchev–Trinajstić information content (AvgIpc) is 2.43. The van der Waals surface area contributed by atoms with Crippen molar-refractivity contribution in [1.82, 2.24) is 10.2 Å². The third kappa shape index (κ3) is 7.19. The van der Waals surface area contributed by atoms with Crippen LogP contribution in [0.2, 0.25) is 0 Å². The molecule has 0 aromatic heterocycles. The summed E-state index contributed by atoms with van der Waals surface area (Å²) in [6, 6.07) is 8.30. The van der Waals surface area contributed by atoms with Gasteiger partial charge in [-0.1, -0.05) is 31.9 Å². The minimum atomic E-state index is 0.920. The van der Waals surface area contributed by atoms with Crippen LogP contribution in [0.15, 0.2) is 24.3 Å². The highest BCUT2D eigenvalue weighted by molar-refractivity contribution is 5.26. The Hall–Kier alpha value is -1.06. The molecule has 0 aliphatic carbocycles. The molecular weight excluding hydrogens is 236 g/mol. The van der Waals surface area contributed by atoms with Crippen LogP contribution in [0.3, 0.4) is 0 Å². The highest BCUT2D eigenvalue weighted by atomic mass is 16.5. The number of unbranched alkanes of at least 4 members (excludes halogenated alkanes) is 2. The molecule has 0 amide bonds. The lowest BCUT2D eigenvalue weighted by Gasteiger charge is -2.17. The number of nitrogens with one attached hydrogen (secondary N) is 1. The molecule has 0 aliphatic heterocycles. The molecule has 0 unspecified atom stereocenters. The van der Waals surface area contributed by atoms with Crippen molar-refractivity contribution in [1.29, 1.82) is 0 Å². The van der Waals surface area contributed by atoms with E-state index in [0.717, 1.165) is 31.9 Å². The number of hydrogen-bond acceptors (Lipinski definition) is 3. The summed E-state index contributed by atoms with van der Waals surface area (Å²) < 4.78 is 5.16. The fourth-order valence-electron chi connectivity index (χ4n) is 2.02. The van der Waals surface area contributed by atoms with Gasteiger partial charge in [0.25, 0.3) is 0 Å². The summed E-state index contributed by atoms with van der Waals surface area (Å²) in [5.74, 6) is 0.920. The SMILES string of the molecule is CCCCCNCCN(C)Cc1ccc(OC)cc1. The number of benzene rings is 1. The van der Waals surface area contributed by atoms with Crippen LogP contribution < -0.4 is 10.1 Å². The zero-order chi connectivity index (χ0) is 13.9. The van der Waals surface area contributed by atoms with E-state index >= 15 is 0 Å². The topological polar surface area (TPSA) is 24.5 Å². The predicted octanol–water partition coefficient (Wildman–Crippen LogP) is 2.91. The van der Waals surface area contributed by atoms with E-state index in [1.54, 1.807) is 7.11 Å². The molecule has 108 valence electrons. The maximum absolute atomic E-state index is 5.16. The highest BCUT2D eigenvalue weighted by Gasteiger charge is 2.00. The van der Waals surface area contributed by atoms with E-state index in [1.807, 2.05) is 12.1 Å². The second-order valence-corrected chi connectivity index (χ2v) is 5.04. The molecule has 3 nitrogen and oxygen atoms in total. The molecule has 0 aliphatic rings. The summed E-state index contributed by atoms with van der Waals surface area (Å²) in [5, 5.41) is 3.49. The van der Waals surface area contributed by atoms with Gasteiger partial charge in [-0.2, -0.15) is 0 Å². The second-order valence-electron chi connectivity index (χ2n) is 5.04. The van der Waals surface area contributed by atoms with Gasteiger partial charge < -0.3 is 15.0 Å². The molecule has 0 fully saturated rings. The quantitative estimate of drug-likeness (QED) is 0.658. The first kappa shape index (κ1) is 16.0. The first-order valence-electron chi connectivity index (χ1n) is 7.28. The lowest BCUT2D eigenvalue weighted by Crippen LogP contribution is -2.29. The van der Waals surface area contributed by atoms with Crippen molar-refractivity contribution in [2.24, 2.45) is 0 Å². The minimum absolute atomic E-state index is 0.920. The van der Waals surface area contributed by atoms with Crippen LogP contribution in [0.1, 0.15) is 31.7 Å². The van der Waals surface area contributed by atoms with Crippen LogP contribution in [-0.2, 0) is 6.54 Å². The zero-order valence-corrected chi connectivity index (χ0v) is 12.6. The summed E-state index contributed by atoms with van der Waals surface area (Å²) in [5.41, 5.74) is 1.33. The molecule has 0 bridgehead atoms. The molecule has 0 spiro atoms. The zero-order valence-electron chi connectivity index (χ0n) is 12.6. The molecule has 1 rings (SSSR count). The average molecular weight is 264 g/mol. The molecule has 0 saturated heterocycles. The molecule has 0 atom stereocenters. The second kappa shape index (κ2) is 9.82. The van der Waals surface area contributed by atoms with Crippen LogP contribution in [0.4, 0.5) is 0 Å². The van der Waals surface area contributed by atoms with E-state index in [-0.39, 0.29) is 0 Å². The van der Waals surface area contributed by atoms with Gasteiger partial charge in [0, 0.05) is 19.6 Å². The van der Waals surface area contributed by atoms with Gasteiger partial charge in [-0.25, -0.2) is 0 Å². The minimum Gasteiger partial charge on any atom is -0.497 e. The van der Waals surface area contributed by atoms with Gasteiger partial charge in [0.1, 0.15) is 5.75 Å². The Bertz CT molecular complexity index is 324. The van der Waals surface area contributed by atoms with E-state index < -0.39 is 0 Å². The van der Waals surface area contributed by atoms with Gasteiger partial charge in [-0.15, -0.1) is 0 Å². The summed E-state index contributed by atoms with van der Waals surface area (Å²) in [7, 11) is 3.86. The summed E-state index contributed by atoms with van der Waals surface area (Å²) in [6.07, 6.45) is 3.91. The van der Waals surface area contributed by atoms with Gasteiger partial charge in [-0.3, -0.25) is 0 Å². The largest absolute Gasteiger partial charge is 0.497 e. The Morgan fingerprint density at radius 1 is 1.11 bits per heavy atom. The molecule has 1 N–H and O–H groups in total. The van der Waals surface area contributed by atoms with Crippen LogP contribution in [0, 0.1) is 0 Å². The van der Waals surface area contributed by atoms with E-state index in [4.69, 9.17) is 4.74 Å². The van der Waals surface area contributed by atoms with Crippen molar-refractivity contribution in [3.05, 3.63) is 29.8 Å². The summed E-state index contributed by atoms with van der Waals surface area (Å²) in [4.78, 5) is 2.34. The van der Waals surface area contributed by atoms with Gasteiger partial charge in [-0.05, 0) is 37.7 Å². The molecule has 1 aromatic rings. The molecule has 3 heteroatoms. The van der Waals surface area contributed by atoms with Crippen LogP contribution in [0.25, 0.3) is 0 Å². The van der Waals surface area contributed by atoms with Gasteiger partial charge in [0.15, 0.2) is 0 Å². The van der Waals surface area contributed by atoms with Crippen LogP contribution in [-0.4, -0.2) is 38.7 Å². The first-order valence-corrected chi connectivity index (χ1v) is 7.28. The number of likely N-dealkylation sites (N-methyl/N-ethyl adjacent to an activating group) is 1. The Kier molecular flexibility index (Phi) is 8.26. The maximum Gasteiger partial charge on any atom is 0.118 e. The smallest absolute Gasteiger partial charge is 0.118 e. The number of nitrogens with zero attached hydrogens (tertiary/aromatic N) is 1. The van der Waals surface area contributed by atoms with Gasteiger partial charge in [0.05, 0.1) is 7.11 Å². The standard InChI is InChI=1S/C16H28N2O/c1-4-5-6-11-17-12-13-18(2)14-15-7-9-16(19-3)10-8-15/h7-10,17H,4-6,11-14H2,1-3H3. The molecule has 1 aromatic carbocycles. The third-order valence-corrected chi connectivity index (χ3v) is 3.24. The van der Waals surface area contributed by atoms with Crippen molar-refractivity contribution < 1.29 is 4.74 Å². The van der Waals surface area contributed by atoms with Crippen molar-refractivity contribution in [3.8, 4) is 5.75 Å². The molecule has 0 radical (unpaired) electrons. The van der Waals surface area contributed by atoms with Crippen LogP contribution >= 0.6 is 0 Å². The highest BCUT2D eigenvalue weighted by Crippen LogP contribution is 2.12.